The lowest BCUT2D eigenvalue weighted by Gasteiger charge is -2.35. The van der Waals surface area contributed by atoms with Crippen LogP contribution in [0.1, 0.15) is 31.4 Å². The molecule has 0 spiro atoms. The number of nitrogens with zero attached hydrogens (tertiary/aromatic N) is 2. The maximum atomic E-state index is 13.1. The number of hydrogen-bond acceptors (Lipinski definition) is 4. The first kappa shape index (κ1) is 21.3. The average Bonchev–Trinajstić information content (AvgIpc) is 2.78. The minimum absolute atomic E-state index is 0.0176. The molecule has 1 aliphatic rings. The number of ether oxygens (including phenoxy) is 1. The van der Waals surface area contributed by atoms with Gasteiger partial charge in [-0.15, -0.1) is 0 Å². The highest BCUT2D eigenvalue weighted by Gasteiger charge is 2.35. The SMILES string of the molecule is COc1ccc(S(=O)(=O)N2CCCC(C(=O)N(C)C(C)c3ccccc3)C2)cc1. The van der Waals surface area contributed by atoms with Crippen molar-refractivity contribution < 1.29 is 17.9 Å². The molecule has 0 bridgehead atoms. The average molecular weight is 417 g/mol. The zero-order valence-corrected chi connectivity index (χ0v) is 17.9. The quantitative estimate of drug-likeness (QED) is 0.725. The Morgan fingerprint density at radius 2 is 1.79 bits per heavy atom. The number of carbonyl (C=O) groups is 1. The largest absolute Gasteiger partial charge is 0.497 e. The van der Waals surface area contributed by atoms with Crippen LogP contribution in [-0.4, -0.2) is 50.8 Å². The molecule has 0 aliphatic carbocycles. The smallest absolute Gasteiger partial charge is 0.243 e. The Hall–Kier alpha value is -2.38. The van der Waals surface area contributed by atoms with Gasteiger partial charge < -0.3 is 9.64 Å². The number of hydrogen-bond donors (Lipinski definition) is 0. The number of rotatable bonds is 6. The van der Waals surface area contributed by atoms with Crippen molar-refractivity contribution in [3.63, 3.8) is 0 Å². The Morgan fingerprint density at radius 1 is 1.14 bits per heavy atom. The fourth-order valence-electron chi connectivity index (χ4n) is 3.69. The van der Waals surface area contributed by atoms with E-state index in [1.165, 1.54) is 11.4 Å². The van der Waals surface area contributed by atoms with Crippen molar-refractivity contribution in [3.8, 4) is 5.75 Å². The van der Waals surface area contributed by atoms with Gasteiger partial charge in [0.25, 0.3) is 0 Å². The summed E-state index contributed by atoms with van der Waals surface area (Å²) in [5, 5.41) is 0. The maximum Gasteiger partial charge on any atom is 0.243 e. The highest BCUT2D eigenvalue weighted by molar-refractivity contribution is 7.89. The van der Waals surface area contributed by atoms with E-state index in [0.29, 0.717) is 25.1 Å². The van der Waals surface area contributed by atoms with Crippen molar-refractivity contribution in [3.05, 3.63) is 60.2 Å². The molecule has 7 heteroatoms. The number of carbonyl (C=O) groups excluding carboxylic acids is 1. The van der Waals surface area contributed by atoms with Crippen LogP contribution in [-0.2, 0) is 14.8 Å². The van der Waals surface area contributed by atoms with Crippen molar-refractivity contribution in [1.82, 2.24) is 9.21 Å². The topological polar surface area (TPSA) is 66.9 Å². The molecule has 156 valence electrons. The number of sulfonamides is 1. The minimum Gasteiger partial charge on any atom is -0.497 e. The Bertz CT molecular complexity index is 929. The molecule has 3 rings (SSSR count). The number of methoxy groups -OCH3 is 1. The summed E-state index contributed by atoms with van der Waals surface area (Å²) in [4.78, 5) is 15.0. The van der Waals surface area contributed by atoms with E-state index >= 15 is 0 Å². The minimum atomic E-state index is -3.64. The van der Waals surface area contributed by atoms with Gasteiger partial charge in [-0.05, 0) is 49.6 Å². The van der Waals surface area contributed by atoms with E-state index < -0.39 is 10.0 Å². The summed E-state index contributed by atoms with van der Waals surface area (Å²) in [6.45, 7) is 2.62. The summed E-state index contributed by atoms with van der Waals surface area (Å²) < 4.78 is 32.6. The molecule has 1 fully saturated rings. The predicted molar refractivity (Wildman–Crippen MR) is 112 cm³/mol. The predicted octanol–water partition coefficient (Wildman–Crippen LogP) is 3.32. The molecule has 1 aliphatic heterocycles. The van der Waals surface area contributed by atoms with E-state index in [2.05, 4.69) is 0 Å². The molecular weight excluding hydrogens is 388 g/mol. The van der Waals surface area contributed by atoms with Crippen molar-refractivity contribution in [2.24, 2.45) is 5.92 Å². The van der Waals surface area contributed by atoms with E-state index in [1.54, 1.807) is 36.2 Å². The van der Waals surface area contributed by atoms with Crippen molar-refractivity contribution >= 4 is 15.9 Å². The molecule has 0 radical (unpaired) electrons. The third-order valence-electron chi connectivity index (χ3n) is 5.64. The van der Waals surface area contributed by atoms with E-state index in [-0.39, 0.29) is 29.3 Å². The molecule has 2 aromatic rings. The summed E-state index contributed by atoms with van der Waals surface area (Å²) in [6, 6.07) is 16.1. The highest BCUT2D eigenvalue weighted by Crippen LogP contribution is 2.28. The van der Waals surface area contributed by atoms with Gasteiger partial charge in [0, 0.05) is 20.1 Å². The molecule has 2 unspecified atom stereocenters. The second kappa shape index (κ2) is 8.97. The van der Waals surface area contributed by atoms with Crippen molar-refractivity contribution in [1.29, 1.82) is 0 Å². The first-order valence-electron chi connectivity index (χ1n) is 9.80. The molecular formula is C22H28N2O4S. The van der Waals surface area contributed by atoms with E-state index in [4.69, 9.17) is 4.74 Å². The van der Waals surface area contributed by atoms with Gasteiger partial charge in [-0.2, -0.15) is 4.31 Å². The number of piperidine rings is 1. The number of benzene rings is 2. The molecule has 1 heterocycles. The Morgan fingerprint density at radius 3 is 2.41 bits per heavy atom. The molecule has 2 atom stereocenters. The first-order valence-corrected chi connectivity index (χ1v) is 11.2. The fraction of sp³-hybridized carbons (Fsp3) is 0.409. The van der Waals surface area contributed by atoms with Crippen LogP contribution in [0.25, 0.3) is 0 Å². The van der Waals surface area contributed by atoms with Gasteiger partial charge in [-0.25, -0.2) is 8.42 Å². The molecule has 0 aromatic heterocycles. The maximum absolute atomic E-state index is 13.1. The van der Waals surface area contributed by atoms with Crippen LogP contribution in [0, 0.1) is 5.92 Å². The van der Waals surface area contributed by atoms with Gasteiger partial charge >= 0.3 is 0 Å². The van der Waals surface area contributed by atoms with Crippen LogP contribution in [0.3, 0.4) is 0 Å². The molecule has 0 N–H and O–H groups in total. The molecule has 29 heavy (non-hydrogen) atoms. The van der Waals surface area contributed by atoms with Gasteiger partial charge in [0.05, 0.1) is 24.0 Å². The molecule has 2 aromatic carbocycles. The monoisotopic (exact) mass is 416 g/mol. The molecule has 1 saturated heterocycles. The third kappa shape index (κ3) is 4.62. The summed E-state index contributed by atoms with van der Waals surface area (Å²) in [6.07, 6.45) is 1.36. The number of amides is 1. The Labute approximate surface area is 173 Å². The second-order valence-corrected chi connectivity index (χ2v) is 9.35. The second-order valence-electron chi connectivity index (χ2n) is 7.41. The van der Waals surface area contributed by atoms with E-state index in [0.717, 1.165) is 5.56 Å². The summed E-state index contributed by atoms with van der Waals surface area (Å²) >= 11 is 0. The van der Waals surface area contributed by atoms with Gasteiger partial charge in [-0.1, -0.05) is 30.3 Å². The van der Waals surface area contributed by atoms with Crippen LogP contribution in [0.2, 0.25) is 0 Å². The highest BCUT2D eigenvalue weighted by atomic mass is 32.2. The lowest BCUT2D eigenvalue weighted by molar-refractivity contribution is -0.137. The normalized spacial score (nSPS) is 18.8. The van der Waals surface area contributed by atoms with Crippen molar-refractivity contribution in [2.75, 3.05) is 27.2 Å². The van der Waals surface area contributed by atoms with Gasteiger partial charge in [0.1, 0.15) is 5.75 Å². The summed E-state index contributed by atoms with van der Waals surface area (Å²) in [7, 11) is -0.317. The lowest BCUT2D eigenvalue weighted by atomic mass is 9.97. The molecule has 6 nitrogen and oxygen atoms in total. The van der Waals surface area contributed by atoms with Crippen LogP contribution < -0.4 is 4.74 Å². The summed E-state index contributed by atoms with van der Waals surface area (Å²) in [5.74, 6) is 0.246. The van der Waals surface area contributed by atoms with Crippen LogP contribution >= 0.6 is 0 Å². The lowest BCUT2D eigenvalue weighted by Crippen LogP contribution is -2.46. The van der Waals surface area contributed by atoms with E-state index in [1.807, 2.05) is 37.3 Å². The molecule has 1 amide bonds. The first-order chi connectivity index (χ1) is 13.8. The third-order valence-corrected chi connectivity index (χ3v) is 7.52. The molecule has 0 saturated carbocycles. The Kier molecular flexibility index (Phi) is 6.59. The standard InChI is InChI=1S/C22H28N2O4S/c1-17(18-8-5-4-6-9-18)23(2)22(25)19-10-7-15-24(16-19)29(26,27)21-13-11-20(28-3)12-14-21/h4-6,8-9,11-14,17,19H,7,10,15-16H2,1-3H3. The zero-order valence-electron chi connectivity index (χ0n) is 17.1. The zero-order chi connectivity index (χ0) is 21.0. The van der Waals surface area contributed by atoms with E-state index in [9.17, 15) is 13.2 Å². The van der Waals surface area contributed by atoms with Crippen LogP contribution in [0.5, 0.6) is 5.75 Å². The van der Waals surface area contributed by atoms with Crippen molar-refractivity contribution in [2.45, 2.75) is 30.7 Å². The van der Waals surface area contributed by atoms with Crippen LogP contribution in [0.15, 0.2) is 59.5 Å². The van der Waals surface area contributed by atoms with Gasteiger partial charge in [0.2, 0.25) is 15.9 Å². The fourth-order valence-corrected chi connectivity index (χ4v) is 5.22. The Balaban J connectivity index is 1.73. The summed E-state index contributed by atoms with van der Waals surface area (Å²) in [5.41, 5.74) is 1.06. The van der Waals surface area contributed by atoms with Crippen LogP contribution in [0.4, 0.5) is 0 Å². The van der Waals surface area contributed by atoms with Gasteiger partial charge in [-0.3, -0.25) is 4.79 Å². The van der Waals surface area contributed by atoms with Gasteiger partial charge in [0.15, 0.2) is 0 Å².